The molecule has 0 aromatic heterocycles. The van der Waals surface area contributed by atoms with Gasteiger partial charge in [0, 0.05) is 47.3 Å². The zero-order valence-electron chi connectivity index (χ0n) is 24.3. The van der Waals surface area contributed by atoms with Gasteiger partial charge in [-0.1, -0.05) is 66.2 Å². The van der Waals surface area contributed by atoms with Gasteiger partial charge in [0.1, 0.15) is 0 Å². The Hall–Kier alpha value is -4.16. The lowest BCUT2D eigenvalue weighted by Gasteiger charge is -2.29. The molecule has 0 spiro atoms. The Balaban J connectivity index is 1.53. The zero-order chi connectivity index (χ0) is 28.7. The van der Waals surface area contributed by atoms with Crippen LogP contribution in [-0.4, -0.2) is 21.8 Å². The van der Waals surface area contributed by atoms with Crippen LogP contribution in [0.3, 0.4) is 0 Å². The molecule has 0 N–H and O–H groups in total. The van der Waals surface area contributed by atoms with E-state index in [0.29, 0.717) is 13.2 Å². The van der Waals surface area contributed by atoms with E-state index in [2.05, 4.69) is 151 Å². The first kappa shape index (κ1) is 28.4. The monoisotopic (exact) mass is 558 g/mol. The van der Waals surface area contributed by atoms with Gasteiger partial charge in [0.15, 0.2) is 0 Å². The summed E-state index contributed by atoms with van der Waals surface area (Å²) in [5.74, 6) is 0. The molecule has 41 heavy (non-hydrogen) atoms. The lowest BCUT2D eigenvalue weighted by molar-refractivity contribution is 0.202. The zero-order valence-corrected chi connectivity index (χ0v) is 25.3. The van der Waals surface area contributed by atoms with E-state index in [0.717, 1.165) is 39.3 Å². The fourth-order valence-corrected chi connectivity index (χ4v) is 7.46. The summed E-state index contributed by atoms with van der Waals surface area (Å²) in [5.41, 5.74) is 7.85. The average Bonchev–Trinajstić information content (AvgIpc) is 3.01. The first-order chi connectivity index (χ1) is 20.0. The maximum atomic E-state index is 6.14. The molecule has 5 rings (SSSR count). The molecular formula is C36H38N2O2Si. The van der Waals surface area contributed by atoms with E-state index in [1.807, 2.05) is 19.9 Å². The van der Waals surface area contributed by atoms with Gasteiger partial charge in [0.05, 0.1) is 0 Å². The second-order valence-corrected chi connectivity index (χ2v) is 13.1. The van der Waals surface area contributed by atoms with Crippen LogP contribution in [0.5, 0.6) is 0 Å². The molecule has 5 aromatic rings. The fraction of sp³-hybridized carbons (Fsp3) is 0.167. The van der Waals surface area contributed by atoms with E-state index in [1.165, 1.54) is 5.56 Å². The van der Waals surface area contributed by atoms with Gasteiger partial charge in [0.25, 0.3) is 0 Å². The molecule has 0 aliphatic rings. The van der Waals surface area contributed by atoms with Crippen molar-refractivity contribution in [1.82, 2.24) is 0 Å². The number of benzene rings is 5. The molecule has 0 aliphatic heterocycles. The minimum absolute atomic E-state index is 0.634. The standard InChI is InChI=1S/C36H38N2O2Si/c1-5-39-41(4,40-6-2)36-27-25-35(26-28-36)38(31-15-11-8-12-16-31)34-23-21-33(22-24-34)37(30-13-9-7-10-14-30)32-19-17-29(3)18-20-32/h7-28H,5-6H2,1-4H3. The van der Waals surface area contributed by atoms with Crippen LogP contribution < -0.4 is 15.0 Å². The summed E-state index contributed by atoms with van der Waals surface area (Å²) >= 11 is 0. The van der Waals surface area contributed by atoms with Gasteiger partial charge in [-0.2, -0.15) is 0 Å². The van der Waals surface area contributed by atoms with Crippen LogP contribution in [0.2, 0.25) is 6.55 Å². The molecule has 208 valence electrons. The van der Waals surface area contributed by atoms with E-state index in [1.54, 1.807) is 0 Å². The Kier molecular flexibility index (Phi) is 9.00. The second-order valence-electron chi connectivity index (χ2n) is 10.1. The molecule has 5 heteroatoms. The lowest BCUT2D eigenvalue weighted by Crippen LogP contribution is -2.51. The summed E-state index contributed by atoms with van der Waals surface area (Å²) in [6.45, 7) is 9.56. The van der Waals surface area contributed by atoms with Crippen molar-refractivity contribution in [2.75, 3.05) is 23.0 Å². The molecule has 0 bridgehead atoms. The predicted octanol–water partition coefficient (Wildman–Crippen LogP) is 9.29. The van der Waals surface area contributed by atoms with Crippen LogP contribution in [0.4, 0.5) is 34.1 Å². The number of rotatable bonds is 11. The highest BCUT2D eigenvalue weighted by Gasteiger charge is 2.33. The van der Waals surface area contributed by atoms with Crippen molar-refractivity contribution in [3.05, 3.63) is 139 Å². The molecule has 0 saturated heterocycles. The molecular weight excluding hydrogens is 520 g/mol. The van der Waals surface area contributed by atoms with Gasteiger partial charge in [0.2, 0.25) is 0 Å². The van der Waals surface area contributed by atoms with Gasteiger partial charge in [-0.25, -0.2) is 0 Å². The smallest absolute Gasteiger partial charge is 0.369 e. The van der Waals surface area contributed by atoms with Crippen molar-refractivity contribution in [3.8, 4) is 0 Å². The molecule has 0 unspecified atom stereocenters. The van der Waals surface area contributed by atoms with Crippen molar-refractivity contribution >= 4 is 47.9 Å². The maximum Gasteiger partial charge on any atom is 0.369 e. The summed E-state index contributed by atoms with van der Waals surface area (Å²) in [6.07, 6.45) is 0. The Bertz CT molecular complexity index is 1500. The quantitative estimate of drug-likeness (QED) is 0.151. The number of hydrogen-bond donors (Lipinski definition) is 0. The summed E-state index contributed by atoms with van der Waals surface area (Å²) in [7, 11) is -2.45. The number of aryl methyl sites for hydroxylation is 1. The minimum atomic E-state index is -2.45. The third-order valence-corrected chi connectivity index (χ3v) is 10.2. The molecule has 0 atom stereocenters. The van der Waals surface area contributed by atoms with Crippen LogP contribution in [0.1, 0.15) is 19.4 Å². The topological polar surface area (TPSA) is 24.9 Å². The summed E-state index contributed by atoms with van der Waals surface area (Å²) in [5, 5.41) is 1.13. The number of para-hydroxylation sites is 2. The van der Waals surface area contributed by atoms with E-state index in [9.17, 15) is 0 Å². The third-order valence-electron chi connectivity index (χ3n) is 7.18. The summed E-state index contributed by atoms with van der Waals surface area (Å²) < 4.78 is 12.3. The van der Waals surface area contributed by atoms with Crippen molar-refractivity contribution in [2.24, 2.45) is 0 Å². The normalized spacial score (nSPS) is 11.3. The molecule has 0 amide bonds. The SMILES string of the molecule is CCO[Si](C)(OCC)c1ccc(N(c2ccccc2)c2ccc(N(c3ccccc3)c3ccc(C)cc3)cc2)cc1. The lowest BCUT2D eigenvalue weighted by atomic mass is 10.1. The van der Waals surface area contributed by atoms with Crippen molar-refractivity contribution in [1.29, 1.82) is 0 Å². The Morgan fingerprint density at radius 3 is 1.15 bits per heavy atom. The summed E-state index contributed by atoms with van der Waals surface area (Å²) in [4.78, 5) is 4.57. The molecule has 5 aromatic carbocycles. The van der Waals surface area contributed by atoms with Gasteiger partial charge in [-0.05, 0) is 105 Å². The second kappa shape index (κ2) is 13.0. The highest BCUT2D eigenvalue weighted by molar-refractivity contribution is 6.80. The highest BCUT2D eigenvalue weighted by Crippen LogP contribution is 2.38. The maximum absolute atomic E-state index is 6.14. The van der Waals surface area contributed by atoms with E-state index in [4.69, 9.17) is 8.85 Å². The first-order valence-electron chi connectivity index (χ1n) is 14.3. The van der Waals surface area contributed by atoms with Crippen LogP contribution in [0.25, 0.3) is 0 Å². The third kappa shape index (κ3) is 6.44. The van der Waals surface area contributed by atoms with Gasteiger partial charge in [-0.3, -0.25) is 0 Å². The molecule has 0 saturated carbocycles. The fourth-order valence-electron chi connectivity index (χ4n) is 5.17. The number of nitrogens with zero attached hydrogens (tertiary/aromatic N) is 2. The van der Waals surface area contributed by atoms with Crippen molar-refractivity contribution in [2.45, 2.75) is 27.3 Å². The Morgan fingerprint density at radius 2 is 0.780 bits per heavy atom. The highest BCUT2D eigenvalue weighted by atomic mass is 28.4. The minimum Gasteiger partial charge on any atom is -0.391 e. The summed E-state index contributed by atoms with van der Waals surface area (Å²) in [6, 6.07) is 47.1. The molecule has 4 nitrogen and oxygen atoms in total. The van der Waals surface area contributed by atoms with Crippen LogP contribution in [0.15, 0.2) is 133 Å². The molecule has 0 radical (unpaired) electrons. The van der Waals surface area contributed by atoms with Gasteiger partial charge >= 0.3 is 8.56 Å². The number of hydrogen-bond acceptors (Lipinski definition) is 4. The van der Waals surface area contributed by atoms with E-state index >= 15 is 0 Å². The first-order valence-corrected chi connectivity index (χ1v) is 16.6. The van der Waals surface area contributed by atoms with E-state index < -0.39 is 8.56 Å². The van der Waals surface area contributed by atoms with Gasteiger partial charge in [-0.15, -0.1) is 0 Å². The Morgan fingerprint density at radius 1 is 0.463 bits per heavy atom. The van der Waals surface area contributed by atoms with Gasteiger partial charge < -0.3 is 18.7 Å². The predicted molar refractivity (Wildman–Crippen MR) is 175 cm³/mol. The van der Waals surface area contributed by atoms with Crippen molar-refractivity contribution < 1.29 is 8.85 Å². The Labute approximate surface area is 245 Å². The van der Waals surface area contributed by atoms with Crippen molar-refractivity contribution in [3.63, 3.8) is 0 Å². The van der Waals surface area contributed by atoms with Crippen LogP contribution in [-0.2, 0) is 8.85 Å². The molecule has 0 aliphatic carbocycles. The number of anilines is 6. The van der Waals surface area contributed by atoms with Crippen LogP contribution in [0, 0.1) is 6.92 Å². The molecule has 0 fully saturated rings. The van der Waals surface area contributed by atoms with Crippen LogP contribution >= 0.6 is 0 Å². The average molecular weight is 559 g/mol. The molecule has 0 heterocycles. The largest absolute Gasteiger partial charge is 0.391 e. The van der Waals surface area contributed by atoms with E-state index in [-0.39, 0.29) is 0 Å².